The van der Waals surface area contributed by atoms with E-state index in [1.807, 2.05) is 69.1 Å². The van der Waals surface area contributed by atoms with Crippen LogP contribution in [0, 0.1) is 6.92 Å². The first-order valence-electron chi connectivity index (χ1n) is 10.7. The van der Waals surface area contributed by atoms with Crippen molar-refractivity contribution in [2.45, 2.75) is 32.5 Å². The van der Waals surface area contributed by atoms with Crippen molar-refractivity contribution in [2.75, 3.05) is 11.4 Å². The molecule has 4 aromatic rings. The molecule has 1 fully saturated rings. The lowest BCUT2D eigenvalue weighted by Crippen LogP contribution is -2.34. The maximum absolute atomic E-state index is 13.8. The van der Waals surface area contributed by atoms with E-state index in [4.69, 9.17) is 0 Å². The second-order valence-corrected chi connectivity index (χ2v) is 7.97. The molecular formula is C25H25N5O. The Hall–Kier alpha value is -3.67. The first kappa shape index (κ1) is 19.3. The molecule has 0 radical (unpaired) electrons. The zero-order valence-corrected chi connectivity index (χ0v) is 17.7. The van der Waals surface area contributed by atoms with Crippen LogP contribution in [0.3, 0.4) is 0 Å². The van der Waals surface area contributed by atoms with Gasteiger partial charge < -0.3 is 0 Å². The largest absolute Gasteiger partial charge is 0.326 e. The predicted octanol–water partition coefficient (Wildman–Crippen LogP) is 5.33. The Kier molecular flexibility index (Phi) is 4.90. The van der Waals surface area contributed by atoms with E-state index in [0.717, 1.165) is 28.7 Å². The van der Waals surface area contributed by atoms with Crippen LogP contribution >= 0.6 is 0 Å². The molecule has 1 aliphatic rings. The molecule has 0 bridgehead atoms. The fourth-order valence-corrected chi connectivity index (χ4v) is 4.44. The van der Waals surface area contributed by atoms with Gasteiger partial charge in [0.2, 0.25) is 0 Å². The number of carbonyl (C=O) groups is 1. The Bertz CT molecular complexity index is 1200. The van der Waals surface area contributed by atoms with Crippen LogP contribution in [0.2, 0.25) is 0 Å². The van der Waals surface area contributed by atoms with Gasteiger partial charge in [0.25, 0.3) is 0 Å². The number of nitrogens with zero attached hydrogens (tertiary/aromatic N) is 5. The Morgan fingerprint density at radius 3 is 2.35 bits per heavy atom. The van der Waals surface area contributed by atoms with E-state index >= 15 is 0 Å². The van der Waals surface area contributed by atoms with E-state index in [1.54, 1.807) is 0 Å². The number of aryl methyl sites for hydroxylation is 1. The standard InChI is InChI=1S/C25H25N5O/c1-3-17-28-24(30-22-12-8-7-11-21(22)26-27-30)23(19-15-13-18(2)14-16-19)29(25(28)31)20-9-5-4-6-10-20/h4-16,23-24H,3,17H2,1-2H3/t23-,24-/m0/s1. The topological polar surface area (TPSA) is 54.3 Å². The minimum absolute atomic E-state index is 0.0109. The van der Waals surface area contributed by atoms with Gasteiger partial charge in [0.05, 0.1) is 5.52 Å². The maximum Gasteiger partial charge on any atom is 0.326 e. The molecule has 6 heteroatoms. The highest BCUT2D eigenvalue weighted by atomic mass is 16.2. The molecule has 156 valence electrons. The smallest absolute Gasteiger partial charge is 0.300 e. The third kappa shape index (κ3) is 3.24. The molecule has 0 aliphatic carbocycles. The third-order valence-electron chi connectivity index (χ3n) is 5.88. The molecule has 0 N–H and O–H groups in total. The first-order valence-corrected chi connectivity index (χ1v) is 10.7. The van der Waals surface area contributed by atoms with E-state index < -0.39 is 0 Å². The van der Waals surface area contributed by atoms with E-state index in [0.29, 0.717) is 6.54 Å². The number of anilines is 1. The molecule has 5 rings (SSSR count). The van der Waals surface area contributed by atoms with Gasteiger partial charge in [0.15, 0.2) is 6.17 Å². The van der Waals surface area contributed by atoms with Gasteiger partial charge in [0.1, 0.15) is 11.6 Å². The number of amides is 2. The van der Waals surface area contributed by atoms with Crippen molar-refractivity contribution in [3.8, 4) is 0 Å². The van der Waals surface area contributed by atoms with Crippen molar-refractivity contribution in [3.05, 3.63) is 90.0 Å². The lowest BCUT2D eigenvalue weighted by atomic mass is 10.0. The van der Waals surface area contributed by atoms with Crippen LogP contribution in [-0.4, -0.2) is 32.5 Å². The molecule has 1 aliphatic heterocycles. The molecule has 0 unspecified atom stereocenters. The summed E-state index contributed by atoms with van der Waals surface area (Å²) < 4.78 is 1.91. The van der Waals surface area contributed by atoms with Crippen molar-refractivity contribution >= 4 is 22.8 Å². The molecule has 6 nitrogen and oxygen atoms in total. The lowest BCUT2D eigenvalue weighted by molar-refractivity contribution is 0.169. The summed E-state index contributed by atoms with van der Waals surface area (Å²) in [6.45, 7) is 4.81. The average Bonchev–Trinajstić information content (AvgIpc) is 3.34. The van der Waals surface area contributed by atoms with Crippen LogP contribution in [0.4, 0.5) is 10.5 Å². The van der Waals surface area contributed by atoms with Crippen LogP contribution in [0.25, 0.3) is 11.0 Å². The molecule has 2 atom stereocenters. The van der Waals surface area contributed by atoms with Crippen LogP contribution in [0.1, 0.15) is 36.7 Å². The average molecular weight is 412 g/mol. The minimum Gasteiger partial charge on any atom is -0.300 e. The number of benzene rings is 3. The Labute approximate surface area is 181 Å². The number of hydrogen-bond acceptors (Lipinski definition) is 3. The molecule has 1 aromatic heterocycles. The van der Waals surface area contributed by atoms with Crippen LogP contribution < -0.4 is 4.90 Å². The Morgan fingerprint density at radius 2 is 1.61 bits per heavy atom. The van der Waals surface area contributed by atoms with Crippen molar-refractivity contribution in [1.29, 1.82) is 0 Å². The van der Waals surface area contributed by atoms with Gasteiger partial charge >= 0.3 is 6.03 Å². The highest BCUT2D eigenvalue weighted by molar-refractivity contribution is 5.95. The summed E-state index contributed by atoms with van der Waals surface area (Å²) in [5.41, 5.74) is 4.89. The number of urea groups is 1. The van der Waals surface area contributed by atoms with Crippen LogP contribution in [-0.2, 0) is 0 Å². The fraction of sp³-hybridized carbons (Fsp3) is 0.240. The number of fused-ring (bicyclic) bond motifs is 1. The van der Waals surface area contributed by atoms with Gasteiger partial charge in [-0.1, -0.05) is 72.3 Å². The fourth-order valence-electron chi connectivity index (χ4n) is 4.44. The van der Waals surface area contributed by atoms with E-state index in [1.165, 1.54) is 5.56 Å². The number of aromatic nitrogens is 3. The Balaban J connectivity index is 1.73. The zero-order chi connectivity index (χ0) is 21.4. The summed E-state index contributed by atoms with van der Waals surface area (Å²) in [5.74, 6) is 0. The lowest BCUT2D eigenvalue weighted by Gasteiger charge is -2.28. The van der Waals surface area contributed by atoms with Crippen molar-refractivity contribution in [3.63, 3.8) is 0 Å². The molecule has 2 heterocycles. The van der Waals surface area contributed by atoms with E-state index in [9.17, 15) is 4.79 Å². The highest BCUT2D eigenvalue weighted by Crippen LogP contribution is 2.45. The number of rotatable bonds is 5. The third-order valence-corrected chi connectivity index (χ3v) is 5.88. The van der Waals surface area contributed by atoms with Gasteiger partial charge in [-0.3, -0.25) is 9.80 Å². The van der Waals surface area contributed by atoms with Crippen LogP contribution in [0.5, 0.6) is 0 Å². The monoisotopic (exact) mass is 411 g/mol. The second kappa shape index (κ2) is 7.87. The molecule has 3 aromatic carbocycles. The van der Waals surface area contributed by atoms with Gasteiger partial charge in [0, 0.05) is 12.2 Å². The maximum atomic E-state index is 13.8. The normalized spacial score (nSPS) is 18.8. The minimum atomic E-state index is -0.303. The van der Waals surface area contributed by atoms with Gasteiger partial charge in [-0.15, -0.1) is 5.10 Å². The summed E-state index contributed by atoms with van der Waals surface area (Å²) in [5, 5.41) is 8.89. The quantitative estimate of drug-likeness (QED) is 0.446. The van der Waals surface area contributed by atoms with Crippen molar-refractivity contribution in [2.24, 2.45) is 0 Å². The first-order chi connectivity index (χ1) is 15.2. The second-order valence-electron chi connectivity index (χ2n) is 7.97. The SMILES string of the molecule is CCCN1C(=O)N(c2ccccc2)[C@@H](c2ccc(C)cc2)[C@@H]1n1nnc2ccccc21. The van der Waals surface area contributed by atoms with Crippen LogP contribution in [0.15, 0.2) is 78.9 Å². The van der Waals surface area contributed by atoms with E-state index in [-0.39, 0.29) is 18.2 Å². The molecule has 1 saturated heterocycles. The number of para-hydroxylation sites is 2. The zero-order valence-electron chi connectivity index (χ0n) is 17.7. The predicted molar refractivity (Wildman–Crippen MR) is 122 cm³/mol. The molecule has 0 spiro atoms. The van der Waals surface area contributed by atoms with Crippen molar-refractivity contribution < 1.29 is 4.79 Å². The van der Waals surface area contributed by atoms with Crippen molar-refractivity contribution in [1.82, 2.24) is 19.9 Å². The summed E-state index contributed by atoms with van der Waals surface area (Å²) in [6, 6.07) is 26.0. The molecule has 31 heavy (non-hydrogen) atoms. The highest BCUT2D eigenvalue weighted by Gasteiger charge is 2.48. The molecule has 0 saturated carbocycles. The van der Waals surface area contributed by atoms with Gasteiger partial charge in [-0.2, -0.15) is 0 Å². The molecule has 2 amide bonds. The summed E-state index contributed by atoms with van der Waals surface area (Å²) in [6.07, 6.45) is 0.556. The van der Waals surface area contributed by atoms with E-state index in [2.05, 4.69) is 48.4 Å². The number of hydrogen-bond donors (Lipinski definition) is 0. The Morgan fingerprint density at radius 1 is 0.903 bits per heavy atom. The summed E-state index contributed by atoms with van der Waals surface area (Å²) in [7, 11) is 0. The molecular weight excluding hydrogens is 386 g/mol. The van der Waals surface area contributed by atoms with Gasteiger partial charge in [-0.05, 0) is 43.2 Å². The van der Waals surface area contributed by atoms with Gasteiger partial charge in [-0.25, -0.2) is 9.48 Å². The summed E-state index contributed by atoms with van der Waals surface area (Å²) in [4.78, 5) is 17.6. The summed E-state index contributed by atoms with van der Waals surface area (Å²) >= 11 is 0. The number of carbonyl (C=O) groups excluding carboxylic acids is 1.